The van der Waals surface area contributed by atoms with Crippen molar-refractivity contribution in [3.05, 3.63) is 35.9 Å². The Bertz CT molecular complexity index is 435. The second-order valence-electron chi connectivity index (χ2n) is 5.54. The maximum Gasteiger partial charge on any atom is 0.227 e. The molecule has 2 rings (SSSR count). The lowest BCUT2D eigenvalue weighted by Gasteiger charge is -2.28. The van der Waals surface area contributed by atoms with E-state index in [2.05, 4.69) is 0 Å². The standard InChI is InChI=1S/C16H24N2O2/c1-12-11-18(9-6-10-20-12)16(19)13(2)15(17)14-7-4-3-5-8-14/h3-5,7-8,12-13,15H,6,9-11,17H2,1-2H3. The van der Waals surface area contributed by atoms with Gasteiger partial charge in [0.05, 0.1) is 12.0 Å². The molecule has 0 aliphatic carbocycles. The molecule has 3 unspecified atom stereocenters. The molecule has 0 bridgehead atoms. The highest BCUT2D eigenvalue weighted by atomic mass is 16.5. The van der Waals surface area contributed by atoms with Crippen molar-refractivity contribution in [2.75, 3.05) is 19.7 Å². The largest absolute Gasteiger partial charge is 0.377 e. The van der Waals surface area contributed by atoms with Crippen LogP contribution in [0.2, 0.25) is 0 Å². The summed E-state index contributed by atoms with van der Waals surface area (Å²) in [5.74, 6) is -0.0959. The Balaban J connectivity index is 2.04. The van der Waals surface area contributed by atoms with E-state index in [0.29, 0.717) is 6.54 Å². The number of hydrogen-bond donors (Lipinski definition) is 1. The normalized spacial score (nSPS) is 22.9. The topological polar surface area (TPSA) is 55.6 Å². The van der Waals surface area contributed by atoms with Crippen molar-refractivity contribution in [3.8, 4) is 0 Å². The van der Waals surface area contributed by atoms with Crippen LogP contribution in [0.25, 0.3) is 0 Å². The van der Waals surface area contributed by atoms with Crippen LogP contribution in [0.3, 0.4) is 0 Å². The van der Waals surface area contributed by atoms with Crippen LogP contribution in [0.4, 0.5) is 0 Å². The van der Waals surface area contributed by atoms with Gasteiger partial charge in [0, 0.05) is 25.7 Å². The SMILES string of the molecule is CC1CN(C(=O)C(C)C(N)c2ccccc2)CCCO1. The summed E-state index contributed by atoms with van der Waals surface area (Å²) in [5.41, 5.74) is 7.25. The molecule has 20 heavy (non-hydrogen) atoms. The second-order valence-corrected chi connectivity index (χ2v) is 5.54. The number of benzene rings is 1. The third-order valence-corrected chi connectivity index (χ3v) is 3.88. The van der Waals surface area contributed by atoms with Crippen LogP contribution in [0.5, 0.6) is 0 Å². The number of carbonyl (C=O) groups is 1. The zero-order valence-corrected chi connectivity index (χ0v) is 12.3. The van der Waals surface area contributed by atoms with Crippen molar-refractivity contribution >= 4 is 5.91 Å². The van der Waals surface area contributed by atoms with Gasteiger partial charge in [0.2, 0.25) is 5.91 Å². The van der Waals surface area contributed by atoms with Crippen LogP contribution in [0, 0.1) is 5.92 Å². The van der Waals surface area contributed by atoms with Crippen molar-refractivity contribution in [1.82, 2.24) is 4.90 Å². The predicted molar refractivity (Wildman–Crippen MR) is 79.1 cm³/mol. The van der Waals surface area contributed by atoms with Gasteiger partial charge in [-0.2, -0.15) is 0 Å². The van der Waals surface area contributed by atoms with E-state index in [4.69, 9.17) is 10.5 Å². The molecule has 1 amide bonds. The van der Waals surface area contributed by atoms with Crippen molar-refractivity contribution in [2.45, 2.75) is 32.4 Å². The molecule has 0 radical (unpaired) electrons. The van der Waals surface area contributed by atoms with Crippen LogP contribution in [-0.2, 0) is 9.53 Å². The first-order chi connectivity index (χ1) is 9.59. The van der Waals surface area contributed by atoms with Gasteiger partial charge in [-0.05, 0) is 18.9 Å². The summed E-state index contributed by atoms with van der Waals surface area (Å²) in [6.07, 6.45) is 0.991. The van der Waals surface area contributed by atoms with Gasteiger partial charge in [-0.1, -0.05) is 37.3 Å². The number of nitrogens with two attached hydrogens (primary N) is 1. The zero-order chi connectivity index (χ0) is 14.5. The van der Waals surface area contributed by atoms with Crippen molar-refractivity contribution in [2.24, 2.45) is 11.7 Å². The fraction of sp³-hybridized carbons (Fsp3) is 0.562. The van der Waals surface area contributed by atoms with Crippen molar-refractivity contribution in [1.29, 1.82) is 0 Å². The highest BCUT2D eigenvalue weighted by molar-refractivity contribution is 5.79. The van der Waals surface area contributed by atoms with Gasteiger partial charge < -0.3 is 15.4 Å². The first kappa shape index (κ1) is 15.0. The minimum absolute atomic E-state index is 0.0987. The Labute approximate surface area is 120 Å². The summed E-state index contributed by atoms with van der Waals surface area (Å²) in [6, 6.07) is 9.55. The number of carbonyl (C=O) groups excluding carboxylic acids is 1. The predicted octanol–water partition coefficient (Wildman–Crippen LogP) is 1.96. The minimum atomic E-state index is -0.261. The van der Waals surface area contributed by atoms with E-state index in [1.54, 1.807) is 0 Å². The second kappa shape index (κ2) is 6.86. The van der Waals surface area contributed by atoms with Gasteiger partial charge in [-0.3, -0.25) is 4.79 Å². The number of rotatable bonds is 3. The molecular formula is C16H24N2O2. The van der Waals surface area contributed by atoms with Crippen molar-refractivity contribution in [3.63, 3.8) is 0 Å². The van der Waals surface area contributed by atoms with E-state index in [1.807, 2.05) is 49.1 Å². The monoisotopic (exact) mass is 276 g/mol. The molecule has 2 N–H and O–H groups in total. The number of amides is 1. The summed E-state index contributed by atoms with van der Waals surface area (Å²) in [5, 5.41) is 0. The molecule has 1 aromatic rings. The fourth-order valence-corrected chi connectivity index (χ4v) is 2.60. The van der Waals surface area contributed by atoms with Crippen LogP contribution < -0.4 is 5.73 Å². The van der Waals surface area contributed by atoms with Gasteiger partial charge in [-0.25, -0.2) is 0 Å². The van der Waals surface area contributed by atoms with Crippen LogP contribution in [0.1, 0.15) is 31.9 Å². The third-order valence-electron chi connectivity index (χ3n) is 3.88. The summed E-state index contributed by atoms with van der Waals surface area (Å²) in [7, 11) is 0. The lowest BCUT2D eigenvalue weighted by molar-refractivity contribution is -0.136. The molecule has 1 heterocycles. The first-order valence-electron chi connectivity index (χ1n) is 7.30. The lowest BCUT2D eigenvalue weighted by atomic mass is 9.94. The summed E-state index contributed by atoms with van der Waals surface area (Å²) >= 11 is 0. The van der Waals surface area contributed by atoms with E-state index in [0.717, 1.165) is 25.1 Å². The summed E-state index contributed by atoms with van der Waals surface area (Å²) < 4.78 is 5.58. The number of nitrogens with zero attached hydrogens (tertiary/aromatic N) is 1. The molecule has 110 valence electrons. The van der Waals surface area contributed by atoms with Gasteiger partial charge >= 0.3 is 0 Å². The molecule has 1 aliphatic rings. The molecule has 1 fully saturated rings. The molecule has 3 atom stereocenters. The molecule has 4 nitrogen and oxygen atoms in total. The number of hydrogen-bond acceptors (Lipinski definition) is 3. The zero-order valence-electron chi connectivity index (χ0n) is 12.3. The van der Waals surface area contributed by atoms with E-state index in [9.17, 15) is 4.79 Å². The molecule has 1 aliphatic heterocycles. The number of ether oxygens (including phenoxy) is 1. The van der Waals surface area contributed by atoms with Gasteiger partial charge in [0.1, 0.15) is 0 Å². The molecule has 0 spiro atoms. The van der Waals surface area contributed by atoms with Crippen LogP contribution in [0.15, 0.2) is 30.3 Å². The molecule has 1 saturated heterocycles. The van der Waals surface area contributed by atoms with Gasteiger partial charge in [0.25, 0.3) is 0 Å². The minimum Gasteiger partial charge on any atom is -0.377 e. The Morgan fingerprint density at radius 1 is 1.40 bits per heavy atom. The van der Waals surface area contributed by atoms with E-state index in [1.165, 1.54) is 0 Å². The summed E-state index contributed by atoms with van der Waals surface area (Å²) in [6.45, 7) is 6.06. The fourth-order valence-electron chi connectivity index (χ4n) is 2.60. The maximum absolute atomic E-state index is 12.6. The lowest BCUT2D eigenvalue weighted by Crippen LogP contribution is -2.42. The highest BCUT2D eigenvalue weighted by Gasteiger charge is 2.28. The van der Waals surface area contributed by atoms with E-state index in [-0.39, 0.29) is 24.0 Å². The van der Waals surface area contributed by atoms with Gasteiger partial charge in [0.15, 0.2) is 0 Å². The molecular weight excluding hydrogens is 252 g/mol. The molecule has 0 saturated carbocycles. The Morgan fingerprint density at radius 3 is 2.80 bits per heavy atom. The van der Waals surface area contributed by atoms with Gasteiger partial charge in [-0.15, -0.1) is 0 Å². The van der Waals surface area contributed by atoms with E-state index < -0.39 is 0 Å². The first-order valence-corrected chi connectivity index (χ1v) is 7.30. The molecule has 0 aromatic heterocycles. The Morgan fingerprint density at radius 2 is 2.10 bits per heavy atom. The summed E-state index contributed by atoms with van der Waals surface area (Å²) in [4.78, 5) is 14.5. The molecule has 4 heteroatoms. The van der Waals surface area contributed by atoms with Crippen LogP contribution in [-0.4, -0.2) is 36.6 Å². The quantitative estimate of drug-likeness (QED) is 0.918. The maximum atomic E-state index is 12.6. The smallest absolute Gasteiger partial charge is 0.227 e. The van der Waals surface area contributed by atoms with Crippen molar-refractivity contribution < 1.29 is 9.53 Å². The average molecular weight is 276 g/mol. The van der Waals surface area contributed by atoms with Crippen LogP contribution >= 0.6 is 0 Å². The Kier molecular flexibility index (Phi) is 5.15. The highest BCUT2D eigenvalue weighted by Crippen LogP contribution is 2.22. The Hall–Kier alpha value is -1.39. The average Bonchev–Trinajstić information content (AvgIpc) is 2.70. The third kappa shape index (κ3) is 3.58. The van der Waals surface area contributed by atoms with E-state index >= 15 is 0 Å². The molecule has 1 aromatic carbocycles.